The van der Waals surface area contributed by atoms with E-state index in [1.54, 1.807) is 31.9 Å². The Balaban J connectivity index is 1.96. The van der Waals surface area contributed by atoms with E-state index in [0.29, 0.717) is 17.4 Å². The number of nitrogens with one attached hydrogen (secondary N) is 1. The summed E-state index contributed by atoms with van der Waals surface area (Å²) in [5.74, 6) is 1.13. The minimum absolute atomic E-state index is 0.329. The maximum Gasteiger partial charge on any atom is 0.331 e. The molecule has 0 fully saturated rings. The molecular weight excluding hydrogens is 522 g/mol. The first-order chi connectivity index (χ1) is 15.9. The summed E-state index contributed by atoms with van der Waals surface area (Å²) in [6, 6.07) is 20.1. The van der Waals surface area contributed by atoms with Crippen molar-refractivity contribution in [1.82, 2.24) is 0 Å². The van der Waals surface area contributed by atoms with Crippen molar-refractivity contribution in [2.75, 3.05) is 19.0 Å². The fourth-order valence-corrected chi connectivity index (χ4v) is 4.55. The van der Waals surface area contributed by atoms with E-state index >= 15 is 0 Å². The fourth-order valence-electron chi connectivity index (χ4n) is 3.17. The van der Waals surface area contributed by atoms with Gasteiger partial charge in [0.05, 0.1) is 24.4 Å². The number of methoxy groups -OCH3 is 1. The number of carbonyl (C=O) groups excluding carboxylic acids is 1. The molecule has 0 aromatic heterocycles. The molecule has 0 spiro atoms. The average Bonchev–Trinajstić information content (AvgIpc) is 2.81. The number of thioether (sulfide) groups is 1. The van der Waals surface area contributed by atoms with Crippen LogP contribution < -0.4 is 10.1 Å². The summed E-state index contributed by atoms with van der Waals surface area (Å²) in [6.45, 7) is 4.02. The van der Waals surface area contributed by atoms with Gasteiger partial charge in [0.1, 0.15) is 5.75 Å². The number of hydrogen-bond acceptors (Lipinski definition) is 5. The molecule has 0 aliphatic heterocycles. The second-order valence-electron chi connectivity index (χ2n) is 7.15. The van der Waals surface area contributed by atoms with Crippen LogP contribution in [0.3, 0.4) is 0 Å². The molecule has 172 valence electrons. The molecule has 3 aromatic carbocycles. The van der Waals surface area contributed by atoms with Crippen LogP contribution in [0.25, 0.3) is 5.57 Å². The van der Waals surface area contributed by atoms with E-state index in [-0.39, 0.29) is 5.97 Å². The van der Waals surface area contributed by atoms with Crippen molar-refractivity contribution in [2.45, 2.75) is 24.5 Å². The highest BCUT2D eigenvalue weighted by atomic mass is 79.9. The van der Waals surface area contributed by atoms with Crippen LogP contribution in [0, 0.1) is 0 Å². The molecule has 0 atom stereocenters. The Bertz CT molecular complexity index is 1150. The molecule has 3 rings (SSSR count). The lowest BCUT2D eigenvalue weighted by Crippen LogP contribution is -2.02. The van der Waals surface area contributed by atoms with E-state index in [1.807, 2.05) is 37.3 Å². The lowest BCUT2D eigenvalue weighted by molar-refractivity contribution is -0.137. The highest BCUT2D eigenvalue weighted by molar-refractivity contribution is 9.10. The van der Waals surface area contributed by atoms with Gasteiger partial charge in [-0.25, -0.2) is 4.79 Å². The van der Waals surface area contributed by atoms with Gasteiger partial charge in [0.2, 0.25) is 0 Å². The van der Waals surface area contributed by atoms with Crippen molar-refractivity contribution in [1.29, 1.82) is 0 Å². The summed E-state index contributed by atoms with van der Waals surface area (Å²) in [7, 11) is 1.61. The second-order valence-corrected chi connectivity index (χ2v) is 9.46. The van der Waals surface area contributed by atoms with Gasteiger partial charge in [-0.05, 0) is 71.2 Å². The molecule has 7 heteroatoms. The van der Waals surface area contributed by atoms with Gasteiger partial charge >= 0.3 is 5.97 Å². The average molecular weight is 547 g/mol. The van der Waals surface area contributed by atoms with Crippen LogP contribution in [0.15, 0.2) is 76.1 Å². The van der Waals surface area contributed by atoms with Crippen LogP contribution in [0.2, 0.25) is 5.02 Å². The number of esters is 1. The monoisotopic (exact) mass is 545 g/mol. The van der Waals surface area contributed by atoms with Crippen LogP contribution in [-0.2, 0) is 15.3 Å². The molecule has 0 saturated heterocycles. The van der Waals surface area contributed by atoms with Gasteiger partial charge in [0, 0.05) is 32.4 Å². The maximum absolute atomic E-state index is 12.1. The van der Waals surface area contributed by atoms with Crippen LogP contribution in [0.1, 0.15) is 25.0 Å². The van der Waals surface area contributed by atoms with Crippen molar-refractivity contribution in [2.24, 2.45) is 0 Å². The normalized spacial score (nSPS) is 11.2. The number of carbonyl (C=O) groups is 1. The molecule has 0 saturated carbocycles. The van der Waals surface area contributed by atoms with Crippen molar-refractivity contribution in [3.63, 3.8) is 0 Å². The smallest absolute Gasteiger partial charge is 0.331 e. The summed E-state index contributed by atoms with van der Waals surface area (Å²) in [4.78, 5) is 13.2. The summed E-state index contributed by atoms with van der Waals surface area (Å²) in [5.41, 5.74) is 4.48. The minimum Gasteiger partial charge on any atom is -0.495 e. The van der Waals surface area contributed by atoms with Gasteiger partial charge in [-0.2, -0.15) is 0 Å². The largest absolute Gasteiger partial charge is 0.495 e. The SMILES string of the molecule is CCOC(=O)/C=C(/C)c1cc(SCc2ccccc2)ccc1Nc1cc(Cl)c(Br)cc1OC. The third-order valence-electron chi connectivity index (χ3n) is 4.80. The Morgan fingerprint density at radius 3 is 2.58 bits per heavy atom. The Morgan fingerprint density at radius 1 is 1.12 bits per heavy atom. The van der Waals surface area contributed by atoms with E-state index < -0.39 is 0 Å². The summed E-state index contributed by atoms with van der Waals surface area (Å²) in [5, 5.41) is 3.98. The fraction of sp³-hybridized carbons (Fsp3) is 0.192. The maximum atomic E-state index is 12.1. The molecule has 0 unspecified atom stereocenters. The molecule has 0 heterocycles. The first-order valence-electron chi connectivity index (χ1n) is 10.4. The van der Waals surface area contributed by atoms with E-state index in [1.165, 1.54) is 11.6 Å². The Kier molecular flexibility index (Phi) is 9.30. The topological polar surface area (TPSA) is 47.6 Å². The third kappa shape index (κ3) is 7.03. The van der Waals surface area contributed by atoms with Gasteiger partial charge in [-0.15, -0.1) is 11.8 Å². The molecule has 1 N–H and O–H groups in total. The quantitative estimate of drug-likeness (QED) is 0.167. The zero-order valence-electron chi connectivity index (χ0n) is 18.7. The zero-order chi connectivity index (χ0) is 23.8. The lowest BCUT2D eigenvalue weighted by Gasteiger charge is -2.17. The highest BCUT2D eigenvalue weighted by Crippen LogP contribution is 2.38. The number of hydrogen-bond donors (Lipinski definition) is 1. The van der Waals surface area contributed by atoms with Crippen LogP contribution in [0.4, 0.5) is 11.4 Å². The molecule has 0 aliphatic rings. The number of ether oxygens (including phenoxy) is 2. The first kappa shape index (κ1) is 25.2. The van der Waals surface area contributed by atoms with Crippen molar-refractivity contribution in [3.05, 3.63) is 87.4 Å². The molecule has 0 radical (unpaired) electrons. The van der Waals surface area contributed by atoms with E-state index in [2.05, 4.69) is 45.5 Å². The Labute approximate surface area is 212 Å². The molecule has 4 nitrogen and oxygen atoms in total. The molecule has 0 amide bonds. The van der Waals surface area contributed by atoms with Crippen molar-refractivity contribution in [3.8, 4) is 5.75 Å². The number of benzene rings is 3. The number of halogens is 2. The standard InChI is InChI=1S/C26H25BrClNO3S/c1-4-32-26(30)12-17(2)20-13-19(33-16-18-8-6-5-7-9-18)10-11-23(20)29-24-15-22(28)21(27)14-25(24)31-3/h5-15,29H,4,16H2,1-3H3/b17-12-. The molecular formula is C26H25BrClNO3S. The molecule has 3 aromatic rings. The van der Waals surface area contributed by atoms with Crippen LogP contribution in [-0.4, -0.2) is 19.7 Å². The molecule has 0 aliphatic carbocycles. The van der Waals surface area contributed by atoms with Gasteiger partial charge in [-0.1, -0.05) is 41.9 Å². The van der Waals surface area contributed by atoms with Crippen molar-refractivity contribution < 1.29 is 14.3 Å². The Hall–Kier alpha value is -2.41. The number of anilines is 2. The zero-order valence-corrected chi connectivity index (χ0v) is 21.8. The Morgan fingerprint density at radius 2 is 1.88 bits per heavy atom. The molecule has 33 heavy (non-hydrogen) atoms. The number of allylic oxidation sites excluding steroid dienone is 1. The number of rotatable bonds is 9. The highest BCUT2D eigenvalue weighted by Gasteiger charge is 2.13. The summed E-state index contributed by atoms with van der Waals surface area (Å²) >= 11 is 11.5. The van der Waals surface area contributed by atoms with Gasteiger partial charge in [0.15, 0.2) is 0 Å². The molecule has 0 bridgehead atoms. The summed E-state index contributed by atoms with van der Waals surface area (Å²) < 4.78 is 11.4. The lowest BCUT2D eigenvalue weighted by atomic mass is 10.0. The minimum atomic E-state index is -0.368. The van der Waals surface area contributed by atoms with E-state index in [9.17, 15) is 4.79 Å². The van der Waals surface area contributed by atoms with Gasteiger partial charge in [0.25, 0.3) is 0 Å². The third-order valence-corrected chi connectivity index (χ3v) is 7.06. The summed E-state index contributed by atoms with van der Waals surface area (Å²) in [6.07, 6.45) is 1.52. The van der Waals surface area contributed by atoms with Crippen molar-refractivity contribution >= 4 is 62.2 Å². The predicted molar refractivity (Wildman–Crippen MR) is 142 cm³/mol. The van der Waals surface area contributed by atoms with E-state index in [0.717, 1.165) is 37.6 Å². The predicted octanol–water partition coefficient (Wildman–Crippen LogP) is 8.11. The first-order valence-corrected chi connectivity index (χ1v) is 12.5. The van der Waals surface area contributed by atoms with Crippen LogP contribution in [0.5, 0.6) is 5.75 Å². The van der Waals surface area contributed by atoms with Crippen LogP contribution >= 0.6 is 39.3 Å². The second kappa shape index (κ2) is 12.2. The van der Waals surface area contributed by atoms with Gasteiger partial charge < -0.3 is 14.8 Å². The van der Waals surface area contributed by atoms with Gasteiger partial charge in [-0.3, -0.25) is 0 Å². The van der Waals surface area contributed by atoms with E-state index in [4.69, 9.17) is 21.1 Å².